The van der Waals surface area contributed by atoms with Crippen LogP contribution in [0.4, 0.5) is 5.82 Å². The summed E-state index contributed by atoms with van der Waals surface area (Å²) >= 11 is 7.97. The number of piperazine rings is 1. The normalized spacial score (nSPS) is 17.3. The van der Waals surface area contributed by atoms with E-state index in [9.17, 15) is 4.79 Å². The summed E-state index contributed by atoms with van der Waals surface area (Å²) in [7, 11) is 0. The highest BCUT2D eigenvalue weighted by Gasteiger charge is 2.25. The minimum absolute atomic E-state index is 0.00803. The Morgan fingerprint density at radius 3 is 2.67 bits per heavy atom. The van der Waals surface area contributed by atoms with Crippen LogP contribution in [0.5, 0.6) is 0 Å². The lowest BCUT2D eigenvalue weighted by atomic mass is 9.97. The Bertz CT molecular complexity index is 1110. The van der Waals surface area contributed by atoms with Crippen molar-refractivity contribution in [1.29, 1.82) is 0 Å². The number of nitrogens with zero attached hydrogens (tertiary/aromatic N) is 4. The van der Waals surface area contributed by atoms with Gasteiger partial charge in [-0.3, -0.25) is 9.69 Å². The van der Waals surface area contributed by atoms with Gasteiger partial charge in [0.25, 0.3) is 5.91 Å². The van der Waals surface area contributed by atoms with E-state index in [-0.39, 0.29) is 5.91 Å². The van der Waals surface area contributed by atoms with Crippen molar-refractivity contribution in [2.45, 2.75) is 32.2 Å². The minimum atomic E-state index is -0.00803. The molecule has 0 radical (unpaired) electrons. The molecule has 0 atom stereocenters. The molecule has 2 aromatic heterocycles. The van der Waals surface area contributed by atoms with Gasteiger partial charge in [-0.25, -0.2) is 9.97 Å². The molecule has 1 amide bonds. The van der Waals surface area contributed by atoms with Gasteiger partial charge in [-0.2, -0.15) is 0 Å². The second-order valence-corrected chi connectivity index (χ2v) is 9.46. The molecular formula is C22H24ClN5OS. The van der Waals surface area contributed by atoms with Gasteiger partial charge in [0.05, 0.1) is 22.5 Å². The second-order valence-electron chi connectivity index (χ2n) is 7.96. The number of nitrogen functional groups attached to an aromatic ring is 1. The van der Waals surface area contributed by atoms with E-state index in [0.717, 1.165) is 42.0 Å². The minimum Gasteiger partial charge on any atom is -0.383 e. The first-order valence-electron chi connectivity index (χ1n) is 10.4. The van der Waals surface area contributed by atoms with Gasteiger partial charge >= 0.3 is 0 Å². The Kier molecular flexibility index (Phi) is 5.35. The van der Waals surface area contributed by atoms with Gasteiger partial charge in [0.15, 0.2) is 0 Å². The maximum Gasteiger partial charge on any atom is 0.255 e. The van der Waals surface area contributed by atoms with Gasteiger partial charge < -0.3 is 10.6 Å². The van der Waals surface area contributed by atoms with Gasteiger partial charge in [0.1, 0.15) is 16.5 Å². The van der Waals surface area contributed by atoms with Crippen LogP contribution in [0.1, 0.15) is 39.5 Å². The highest BCUT2D eigenvalue weighted by Crippen LogP contribution is 2.37. The lowest BCUT2D eigenvalue weighted by Crippen LogP contribution is -2.48. The van der Waals surface area contributed by atoms with Crippen molar-refractivity contribution in [2.24, 2.45) is 0 Å². The number of rotatable bonds is 3. The standard InChI is InChI=1S/C22H24ClN5OS/c23-16-7-3-1-5-14(16)22(29)28-11-9-27(10-12-28)13-18-25-20(24)19-15-6-2-4-8-17(15)30-21(19)26-18/h1,3,5,7H,2,4,6,8-13H2,(H2,24,25,26). The van der Waals surface area contributed by atoms with Crippen LogP contribution in [0, 0.1) is 0 Å². The van der Waals surface area contributed by atoms with Crippen LogP contribution in [0.15, 0.2) is 24.3 Å². The van der Waals surface area contributed by atoms with Crippen molar-refractivity contribution in [2.75, 3.05) is 31.9 Å². The van der Waals surface area contributed by atoms with Gasteiger partial charge in [-0.1, -0.05) is 23.7 Å². The molecule has 1 aliphatic heterocycles. The van der Waals surface area contributed by atoms with Crippen LogP contribution in [0.25, 0.3) is 10.2 Å². The van der Waals surface area contributed by atoms with Crippen molar-refractivity contribution < 1.29 is 4.79 Å². The third-order valence-corrected chi connectivity index (χ3v) is 7.53. The summed E-state index contributed by atoms with van der Waals surface area (Å²) in [4.78, 5) is 28.8. The average Bonchev–Trinajstić information content (AvgIpc) is 3.13. The summed E-state index contributed by atoms with van der Waals surface area (Å²) in [6.45, 7) is 3.53. The zero-order valence-electron chi connectivity index (χ0n) is 16.7. The SMILES string of the molecule is Nc1nc(CN2CCN(C(=O)c3ccccc3Cl)CC2)nc2sc3c(c12)CCCC3. The van der Waals surface area contributed by atoms with Gasteiger partial charge in [-0.05, 0) is 43.4 Å². The molecular weight excluding hydrogens is 418 g/mol. The van der Waals surface area contributed by atoms with Crippen LogP contribution in [0.3, 0.4) is 0 Å². The van der Waals surface area contributed by atoms with E-state index in [1.165, 1.54) is 23.3 Å². The molecule has 8 heteroatoms. The Morgan fingerprint density at radius 1 is 1.10 bits per heavy atom. The lowest BCUT2D eigenvalue weighted by molar-refractivity contribution is 0.0626. The molecule has 1 fully saturated rings. The number of hydrogen-bond acceptors (Lipinski definition) is 6. The maximum absolute atomic E-state index is 12.8. The molecule has 2 aliphatic rings. The first kappa shape index (κ1) is 19.7. The van der Waals surface area contributed by atoms with E-state index in [2.05, 4.69) is 9.88 Å². The van der Waals surface area contributed by atoms with Crippen molar-refractivity contribution in [3.05, 3.63) is 51.1 Å². The maximum atomic E-state index is 12.8. The number of carbonyl (C=O) groups is 1. The first-order chi connectivity index (χ1) is 14.6. The van der Waals surface area contributed by atoms with E-state index in [1.807, 2.05) is 17.0 Å². The van der Waals surface area contributed by atoms with Crippen molar-refractivity contribution in [3.8, 4) is 0 Å². The number of amides is 1. The predicted molar refractivity (Wildman–Crippen MR) is 121 cm³/mol. The van der Waals surface area contributed by atoms with E-state index in [0.29, 0.717) is 36.0 Å². The fraction of sp³-hybridized carbons (Fsp3) is 0.409. The average molecular weight is 442 g/mol. The smallest absolute Gasteiger partial charge is 0.255 e. The van der Waals surface area contributed by atoms with E-state index >= 15 is 0 Å². The molecule has 3 heterocycles. The monoisotopic (exact) mass is 441 g/mol. The summed E-state index contributed by atoms with van der Waals surface area (Å²) in [6.07, 6.45) is 4.69. The highest BCUT2D eigenvalue weighted by atomic mass is 35.5. The molecule has 5 rings (SSSR count). The summed E-state index contributed by atoms with van der Waals surface area (Å²) in [6, 6.07) is 7.22. The zero-order chi connectivity index (χ0) is 20.7. The second kappa shape index (κ2) is 8.13. The quantitative estimate of drug-likeness (QED) is 0.669. The van der Waals surface area contributed by atoms with Crippen LogP contribution in [-0.4, -0.2) is 51.9 Å². The van der Waals surface area contributed by atoms with Gasteiger partial charge in [-0.15, -0.1) is 11.3 Å². The number of thiophene rings is 1. The molecule has 0 bridgehead atoms. The van der Waals surface area contributed by atoms with Gasteiger partial charge in [0, 0.05) is 31.1 Å². The molecule has 1 aromatic carbocycles. The highest BCUT2D eigenvalue weighted by molar-refractivity contribution is 7.19. The zero-order valence-corrected chi connectivity index (χ0v) is 18.3. The summed E-state index contributed by atoms with van der Waals surface area (Å²) in [5, 5.41) is 1.58. The number of carbonyl (C=O) groups excluding carboxylic acids is 1. The van der Waals surface area contributed by atoms with E-state index < -0.39 is 0 Å². The topological polar surface area (TPSA) is 75.3 Å². The van der Waals surface area contributed by atoms with E-state index in [1.54, 1.807) is 23.5 Å². The summed E-state index contributed by atoms with van der Waals surface area (Å²) in [5.74, 6) is 1.37. The summed E-state index contributed by atoms with van der Waals surface area (Å²) in [5.41, 5.74) is 8.28. The molecule has 0 spiro atoms. The molecule has 1 aliphatic carbocycles. The number of aryl methyl sites for hydroxylation is 2. The third-order valence-electron chi connectivity index (χ3n) is 6.02. The number of hydrogen-bond donors (Lipinski definition) is 1. The number of aromatic nitrogens is 2. The molecule has 30 heavy (non-hydrogen) atoms. The third kappa shape index (κ3) is 3.66. The number of halogens is 1. The Hall–Kier alpha value is -2.22. The predicted octanol–water partition coefficient (Wildman–Crippen LogP) is 3.76. The Labute approximate surface area is 184 Å². The lowest BCUT2D eigenvalue weighted by Gasteiger charge is -2.34. The number of fused-ring (bicyclic) bond motifs is 3. The van der Waals surface area contributed by atoms with Crippen LogP contribution in [0.2, 0.25) is 5.02 Å². The van der Waals surface area contributed by atoms with Crippen molar-refractivity contribution in [3.63, 3.8) is 0 Å². The van der Waals surface area contributed by atoms with Crippen LogP contribution >= 0.6 is 22.9 Å². The molecule has 1 saturated heterocycles. The number of nitrogens with two attached hydrogens (primary N) is 1. The summed E-state index contributed by atoms with van der Waals surface area (Å²) < 4.78 is 0. The van der Waals surface area contributed by atoms with Crippen molar-refractivity contribution in [1.82, 2.24) is 19.8 Å². The van der Waals surface area contributed by atoms with E-state index in [4.69, 9.17) is 22.3 Å². The Balaban J connectivity index is 1.27. The molecule has 3 aromatic rings. The number of benzene rings is 1. The molecule has 0 unspecified atom stereocenters. The molecule has 0 saturated carbocycles. The molecule has 2 N–H and O–H groups in total. The molecule has 156 valence electrons. The van der Waals surface area contributed by atoms with Gasteiger partial charge in [0.2, 0.25) is 0 Å². The van der Waals surface area contributed by atoms with Crippen LogP contribution < -0.4 is 5.73 Å². The first-order valence-corrected chi connectivity index (χ1v) is 11.6. The fourth-order valence-corrected chi connectivity index (χ4v) is 5.92. The fourth-order valence-electron chi connectivity index (χ4n) is 4.42. The largest absolute Gasteiger partial charge is 0.383 e. The molecule has 6 nitrogen and oxygen atoms in total. The van der Waals surface area contributed by atoms with Crippen LogP contribution in [-0.2, 0) is 19.4 Å². The van der Waals surface area contributed by atoms with Crippen molar-refractivity contribution >= 4 is 44.9 Å². The Morgan fingerprint density at radius 2 is 1.87 bits per heavy atom. The number of anilines is 1.